The van der Waals surface area contributed by atoms with E-state index in [1.54, 1.807) is 6.92 Å². The minimum absolute atomic E-state index is 0.0387. The maximum atomic E-state index is 13.6. The second-order valence-electron chi connectivity index (χ2n) is 9.21. The molecule has 0 fully saturated rings. The molecule has 0 aliphatic rings. The molecule has 12 heteroatoms. The van der Waals surface area contributed by atoms with Crippen molar-refractivity contribution < 1.29 is 27.7 Å². The third kappa shape index (κ3) is 8.17. The van der Waals surface area contributed by atoms with Crippen LogP contribution in [0.4, 0.5) is 11.4 Å². The number of nitrogens with zero attached hydrogens (tertiary/aromatic N) is 3. The van der Waals surface area contributed by atoms with Crippen molar-refractivity contribution in [2.75, 3.05) is 30.8 Å². The maximum absolute atomic E-state index is 13.6. The topological polar surface area (TPSA) is 139 Å². The third-order valence-corrected chi connectivity index (χ3v) is 6.73. The first-order valence-corrected chi connectivity index (χ1v) is 13.5. The number of hydrogen-bond donors (Lipinski definition) is 1. The fourth-order valence-corrected chi connectivity index (χ4v) is 4.47. The number of hydrogen-bond acceptors (Lipinski definition) is 7. The van der Waals surface area contributed by atoms with E-state index in [1.165, 1.54) is 24.1 Å². The molecule has 0 bridgehead atoms. The Balaban J connectivity index is 2.50. The van der Waals surface area contributed by atoms with Crippen LogP contribution in [-0.4, -0.2) is 62.6 Å². The Morgan fingerprint density at radius 3 is 2.35 bits per heavy atom. The van der Waals surface area contributed by atoms with Crippen LogP contribution in [0.15, 0.2) is 42.5 Å². The molecule has 11 nitrogen and oxygen atoms in total. The van der Waals surface area contributed by atoms with Crippen molar-refractivity contribution in [1.82, 2.24) is 10.2 Å². The van der Waals surface area contributed by atoms with Gasteiger partial charge in [0.1, 0.15) is 24.0 Å². The van der Waals surface area contributed by atoms with Gasteiger partial charge < -0.3 is 15.0 Å². The van der Waals surface area contributed by atoms with E-state index >= 15 is 0 Å². The van der Waals surface area contributed by atoms with Gasteiger partial charge in [-0.05, 0) is 31.4 Å². The molecule has 0 aliphatic heterocycles. The van der Waals surface area contributed by atoms with E-state index in [1.807, 2.05) is 45.0 Å². The summed E-state index contributed by atoms with van der Waals surface area (Å²) in [6.45, 7) is 7.13. The van der Waals surface area contributed by atoms with Gasteiger partial charge in [0.25, 0.3) is 5.69 Å². The van der Waals surface area contributed by atoms with Gasteiger partial charge in [-0.1, -0.05) is 43.7 Å². The molecule has 37 heavy (non-hydrogen) atoms. The van der Waals surface area contributed by atoms with E-state index < -0.39 is 33.4 Å². The number of benzene rings is 2. The highest BCUT2D eigenvalue weighted by molar-refractivity contribution is 7.92. The number of aryl methyl sites for hydroxylation is 1. The van der Waals surface area contributed by atoms with E-state index in [0.717, 1.165) is 27.8 Å². The van der Waals surface area contributed by atoms with E-state index in [4.69, 9.17) is 4.74 Å². The largest absolute Gasteiger partial charge is 0.495 e. The molecule has 2 aromatic rings. The molecule has 0 saturated heterocycles. The summed E-state index contributed by atoms with van der Waals surface area (Å²) in [7, 11) is -2.80. The Bertz CT molecular complexity index is 1250. The minimum atomic E-state index is -4.09. The highest BCUT2D eigenvalue weighted by atomic mass is 32.2. The van der Waals surface area contributed by atoms with Gasteiger partial charge >= 0.3 is 0 Å². The lowest BCUT2D eigenvalue weighted by molar-refractivity contribution is -0.384. The molecule has 0 spiro atoms. The zero-order chi connectivity index (χ0) is 27.9. The fraction of sp³-hybridized carbons (Fsp3) is 0.440. The molecular formula is C25H34N4O7S. The van der Waals surface area contributed by atoms with Crippen LogP contribution in [0.2, 0.25) is 0 Å². The maximum Gasteiger partial charge on any atom is 0.271 e. The summed E-state index contributed by atoms with van der Waals surface area (Å²) in [4.78, 5) is 38.5. The number of nitro benzene ring substituents is 1. The molecular weight excluding hydrogens is 500 g/mol. The van der Waals surface area contributed by atoms with E-state index in [2.05, 4.69) is 5.32 Å². The standard InChI is InChI=1S/C25H34N4O7S/c1-17(2)14-26-25(31)19(4)27(15-20-9-7-8-18(3)12-20)24(30)16-28(37(6,34)35)22-13-21(29(32)33)10-11-23(22)36-5/h7-13,17,19H,14-16H2,1-6H3,(H,26,31)/t19-/m1/s1. The molecule has 0 aromatic heterocycles. The molecule has 0 aliphatic carbocycles. The first kappa shape index (κ1) is 29.6. The monoisotopic (exact) mass is 534 g/mol. The van der Waals surface area contributed by atoms with Crippen molar-refractivity contribution in [2.45, 2.75) is 40.3 Å². The molecule has 2 rings (SSSR count). The summed E-state index contributed by atoms with van der Waals surface area (Å²) in [6.07, 6.45) is 0.891. The van der Waals surface area contributed by atoms with Gasteiger partial charge in [-0.3, -0.25) is 24.0 Å². The predicted molar refractivity (Wildman–Crippen MR) is 141 cm³/mol. The zero-order valence-electron chi connectivity index (χ0n) is 21.9. The number of carbonyl (C=O) groups excluding carboxylic acids is 2. The predicted octanol–water partition coefficient (Wildman–Crippen LogP) is 2.87. The highest BCUT2D eigenvalue weighted by Crippen LogP contribution is 2.33. The van der Waals surface area contributed by atoms with Crippen LogP contribution in [0.5, 0.6) is 5.75 Å². The van der Waals surface area contributed by atoms with Crippen molar-refractivity contribution in [1.29, 1.82) is 0 Å². The van der Waals surface area contributed by atoms with Gasteiger partial charge in [0.05, 0.1) is 18.3 Å². The Hall–Kier alpha value is -3.67. The van der Waals surface area contributed by atoms with Crippen LogP contribution >= 0.6 is 0 Å². The Labute approximate surface area is 217 Å². The van der Waals surface area contributed by atoms with Crippen molar-refractivity contribution in [3.8, 4) is 5.75 Å². The third-order valence-electron chi connectivity index (χ3n) is 5.61. The lowest BCUT2D eigenvalue weighted by atomic mass is 10.1. The first-order valence-electron chi connectivity index (χ1n) is 11.7. The van der Waals surface area contributed by atoms with Gasteiger partial charge in [-0.15, -0.1) is 0 Å². The molecule has 2 amide bonds. The van der Waals surface area contributed by atoms with Crippen molar-refractivity contribution in [3.05, 3.63) is 63.7 Å². The lowest BCUT2D eigenvalue weighted by Gasteiger charge is -2.32. The SMILES string of the molecule is COc1ccc([N+](=O)[O-])cc1N(CC(=O)N(Cc1cccc(C)c1)[C@H](C)C(=O)NCC(C)C)S(C)(=O)=O. The number of amides is 2. The van der Waals surface area contributed by atoms with Crippen molar-refractivity contribution in [2.24, 2.45) is 5.92 Å². The van der Waals surface area contributed by atoms with Crippen LogP contribution < -0.4 is 14.4 Å². The van der Waals surface area contributed by atoms with Crippen LogP contribution in [0.1, 0.15) is 31.9 Å². The smallest absolute Gasteiger partial charge is 0.271 e. The Morgan fingerprint density at radius 2 is 1.81 bits per heavy atom. The normalized spacial score (nSPS) is 12.1. The molecule has 2 aromatic carbocycles. The number of non-ortho nitro benzene ring substituents is 1. The van der Waals surface area contributed by atoms with Gasteiger partial charge in [-0.25, -0.2) is 8.42 Å². The molecule has 1 atom stereocenters. The molecule has 202 valence electrons. The quantitative estimate of drug-likeness (QED) is 0.326. The van der Waals surface area contributed by atoms with Crippen molar-refractivity contribution >= 4 is 33.2 Å². The van der Waals surface area contributed by atoms with Gasteiger partial charge in [-0.2, -0.15) is 0 Å². The fourth-order valence-electron chi connectivity index (χ4n) is 3.62. The summed E-state index contributed by atoms with van der Waals surface area (Å²) >= 11 is 0. The summed E-state index contributed by atoms with van der Waals surface area (Å²) in [5.74, 6) is -0.808. The van der Waals surface area contributed by atoms with E-state index in [0.29, 0.717) is 6.54 Å². The second-order valence-corrected chi connectivity index (χ2v) is 11.1. The summed E-state index contributed by atoms with van der Waals surface area (Å²) < 4.78 is 31.5. The molecule has 0 radical (unpaired) electrons. The Kier molecular flexibility index (Phi) is 10.0. The lowest BCUT2D eigenvalue weighted by Crippen LogP contribution is -2.51. The number of sulfonamides is 1. The molecule has 0 heterocycles. The molecule has 0 unspecified atom stereocenters. The Morgan fingerprint density at radius 1 is 1.14 bits per heavy atom. The molecule has 0 saturated carbocycles. The van der Waals surface area contributed by atoms with E-state index in [-0.39, 0.29) is 35.5 Å². The summed E-state index contributed by atoms with van der Waals surface area (Å²) in [6, 6.07) is 9.97. The highest BCUT2D eigenvalue weighted by Gasteiger charge is 2.32. The number of nitro groups is 1. The number of carbonyl (C=O) groups is 2. The molecule has 1 N–H and O–H groups in total. The van der Waals surface area contributed by atoms with Crippen LogP contribution in [0.3, 0.4) is 0 Å². The van der Waals surface area contributed by atoms with Crippen LogP contribution in [-0.2, 0) is 26.2 Å². The van der Waals surface area contributed by atoms with Crippen molar-refractivity contribution in [3.63, 3.8) is 0 Å². The average molecular weight is 535 g/mol. The van der Waals surface area contributed by atoms with Gasteiger partial charge in [0.15, 0.2) is 0 Å². The number of nitrogens with one attached hydrogen (secondary N) is 1. The number of ether oxygens (including phenoxy) is 1. The second kappa shape index (κ2) is 12.5. The summed E-state index contributed by atoms with van der Waals surface area (Å²) in [5, 5.41) is 14.1. The number of anilines is 1. The first-order chi connectivity index (χ1) is 17.2. The van der Waals surface area contributed by atoms with E-state index in [9.17, 15) is 28.1 Å². The van der Waals surface area contributed by atoms with Crippen LogP contribution in [0, 0.1) is 23.0 Å². The number of rotatable bonds is 12. The zero-order valence-corrected chi connectivity index (χ0v) is 22.7. The number of methoxy groups -OCH3 is 1. The van der Waals surface area contributed by atoms with Gasteiger partial charge in [0.2, 0.25) is 21.8 Å². The average Bonchev–Trinajstić information content (AvgIpc) is 2.82. The van der Waals surface area contributed by atoms with Gasteiger partial charge in [0, 0.05) is 25.2 Å². The minimum Gasteiger partial charge on any atom is -0.495 e. The van der Waals surface area contributed by atoms with Crippen LogP contribution in [0.25, 0.3) is 0 Å². The summed E-state index contributed by atoms with van der Waals surface area (Å²) in [5.41, 5.74) is 1.20.